The van der Waals surface area contributed by atoms with Crippen molar-refractivity contribution in [2.75, 3.05) is 11.4 Å². The Morgan fingerprint density at radius 2 is 1.95 bits per heavy atom. The molecule has 4 heteroatoms. The quantitative estimate of drug-likeness (QED) is 0.852. The molecule has 0 spiro atoms. The summed E-state index contributed by atoms with van der Waals surface area (Å²) in [6, 6.07) is 5.26. The predicted octanol–water partition coefficient (Wildman–Crippen LogP) is 3.39. The third-order valence-electron chi connectivity index (χ3n) is 4.19. The van der Waals surface area contributed by atoms with E-state index in [1.165, 1.54) is 0 Å². The zero-order chi connectivity index (χ0) is 15.6. The number of anilines is 1. The van der Waals surface area contributed by atoms with Crippen molar-refractivity contribution >= 4 is 11.7 Å². The van der Waals surface area contributed by atoms with Gasteiger partial charge < -0.3 is 9.80 Å². The Morgan fingerprint density at radius 1 is 1.29 bits per heavy atom. The maximum atomic E-state index is 11.7. The van der Waals surface area contributed by atoms with Crippen LogP contribution in [-0.2, 0) is 4.79 Å². The van der Waals surface area contributed by atoms with E-state index in [4.69, 9.17) is 0 Å². The van der Waals surface area contributed by atoms with Gasteiger partial charge in [-0.25, -0.2) is 4.98 Å². The summed E-state index contributed by atoms with van der Waals surface area (Å²) in [6.45, 7) is 11.3. The van der Waals surface area contributed by atoms with E-state index >= 15 is 0 Å². The Kier molecular flexibility index (Phi) is 4.86. The van der Waals surface area contributed by atoms with Gasteiger partial charge in [0, 0.05) is 31.7 Å². The van der Waals surface area contributed by atoms with Crippen molar-refractivity contribution in [2.24, 2.45) is 0 Å². The smallest absolute Gasteiger partial charge is 0.219 e. The molecule has 2 rings (SSSR count). The zero-order valence-electron chi connectivity index (χ0n) is 13.8. The molecular formula is C17H27N3O. The molecule has 1 saturated heterocycles. The van der Waals surface area contributed by atoms with Gasteiger partial charge in [-0.05, 0) is 52.2 Å². The minimum absolute atomic E-state index is 0.160. The first kappa shape index (κ1) is 15.8. The van der Waals surface area contributed by atoms with E-state index in [0.717, 1.165) is 30.8 Å². The third kappa shape index (κ3) is 3.36. The molecule has 1 fully saturated rings. The van der Waals surface area contributed by atoms with Gasteiger partial charge in [0.25, 0.3) is 0 Å². The van der Waals surface area contributed by atoms with Crippen molar-refractivity contribution in [1.29, 1.82) is 0 Å². The van der Waals surface area contributed by atoms with Crippen molar-refractivity contribution in [1.82, 2.24) is 9.88 Å². The van der Waals surface area contributed by atoms with Gasteiger partial charge in [-0.1, -0.05) is 6.07 Å². The second-order valence-corrected chi connectivity index (χ2v) is 6.41. The van der Waals surface area contributed by atoms with Gasteiger partial charge in [-0.3, -0.25) is 4.79 Å². The average Bonchev–Trinajstić information content (AvgIpc) is 2.88. The topological polar surface area (TPSA) is 36.4 Å². The van der Waals surface area contributed by atoms with E-state index in [2.05, 4.69) is 49.7 Å². The first-order valence-electron chi connectivity index (χ1n) is 7.93. The molecule has 4 nitrogen and oxygen atoms in total. The highest BCUT2D eigenvalue weighted by molar-refractivity contribution is 5.74. The van der Waals surface area contributed by atoms with Gasteiger partial charge in [0.2, 0.25) is 5.91 Å². The van der Waals surface area contributed by atoms with Crippen LogP contribution in [0.25, 0.3) is 0 Å². The standard InChI is InChI=1S/C17H27N3O/c1-12(2)20(13(3)4)17-9-8-15(11-18-17)16-7-6-10-19(16)14(5)21/h8-9,11-13,16H,6-7,10H2,1-5H3. The lowest BCUT2D eigenvalue weighted by atomic mass is 10.1. The number of hydrogen-bond acceptors (Lipinski definition) is 3. The molecule has 1 atom stereocenters. The largest absolute Gasteiger partial charge is 0.352 e. The number of aromatic nitrogens is 1. The molecule has 0 bridgehead atoms. The number of nitrogens with zero attached hydrogens (tertiary/aromatic N) is 3. The Labute approximate surface area is 128 Å². The maximum Gasteiger partial charge on any atom is 0.219 e. The number of pyridine rings is 1. The Hall–Kier alpha value is -1.58. The molecule has 1 aliphatic heterocycles. The van der Waals surface area contributed by atoms with Crippen LogP contribution >= 0.6 is 0 Å². The number of likely N-dealkylation sites (tertiary alicyclic amines) is 1. The van der Waals surface area contributed by atoms with Crippen LogP contribution in [0.5, 0.6) is 0 Å². The average molecular weight is 289 g/mol. The van der Waals surface area contributed by atoms with Crippen LogP contribution in [0.2, 0.25) is 0 Å². The summed E-state index contributed by atoms with van der Waals surface area (Å²) in [5.41, 5.74) is 1.15. The number of rotatable bonds is 4. The van der Waals surface area contributed by atoms with E-state index in [9.17, 15) is 4.79 Å². The summed E-state index contributed by atoms with van der Waals surface area (Å²) in [5, 5.41) is 0. The monoisotopic (exact) mass is 289 g/mol. The summed E-state index contributed by atoms with van der Waals surface area (Å²) in [5.74, 6) is 1.17. The van der Waals surface area contributed by atoms with Gasteiger partial charge in [-0.2, -0.15) is 0 Å². The van der Waals surface area contributed by atoms with Crippen LogP contribution in [0.1, 0.15) is 59.1 Å². The molecule has 21 heavy (non-hydrogen) atoms. The van der Waals surface area contributed by atoms with E-state index in [1.54, 1.807) is 6.92 Å². The number of amides is 1. The predicted molar refractivity (Wildman–Crippen MR) is 86.4 cm³/mol. The number of carbonyl (C=O) groups excluding carboxylic acids is 1. The van der Waals surface area contributed by atoms with Gasteiger partial charge in [0.15, 0.2) is 0 Å². The van der Waals surface area contributed by atoms with Crippen LogP contribution in [0.3, 0.4) is 0 Å². The first-order valence-corrected chi connectivity index (χ1v) is 7.93. The third-order valence-corrected chi connectivity index (χ3v) is 4.19. The van der Waals surface area contributed by atoms with E-state index < -0.39 is 0 Å². The molecule has 0 aromatic carbocycles. The zero-order valence-corrected chi connectivity index (χ0v) is 13.8. The van der Waals surface area contributed by atoms with Crippen LogP contribution in [0, 0.1) is 0 Å². The fourth-order valence-corrected chi connectivity index (χ4v) is 3.36. The highest BCUT2D eigenvalue weighted by Crippen LogP contribution is 2.32. The molecule has 1 aromatic rings. The molecule has 1 amide bonds. The second kappa shape index (κ2) is 6.46. The normalized spacial score (nSPS) is 18.6. The second-order valence-electron chi connectivity index (χ2n) is 6.41. The summed E-state index contributed by atoms with van der Waals surface area (Å²) >= 11 is 0. The van der Waals surface area contributed by atoms with Gasteiger partial charge >= 0.3 is 0 Å². The van der Waals surface area contributed by atoms with Gasteiger partial charge in [-0.15, -0.1) is 0 Å². The molecule has 2 heterocycles. The van der Waals surface area contributed by atoms with Crippen molar-refractivity contribution in [3.05, 3.63) is 23.9 Å². The fourth-order valence-electron chi connectivity index (χ4n) is 3.36. The first-order chi connectivity index (χ1) is 9.91. The minimum atomic E-state index is 0.160. The highest BCUT2D eigenvalue weighted by atomic mass is 16.2. The van der Waals surface area contributed by atoms with Crippen LogP contribution < -0.4 is 4.90 Å². The number of carbonyl (C=O) groups is 1. The van der Waals surface area contributed by atoms with Crippen molar-refractivity contribution in [2.45, 2.75) is 65.6 Å². The molecule has 0 radical (unpaired) electrons. The summed E-state index contributed by atoms with van der Waals surface area (Å²) in [7, 11) is 0. The van der Waals surface area contributed by atoms with E-state index in [-0.39, 0.29) is 11.9 Å². The SMILES string of the molecule is CC(=O)N1CCCC1c1ccc(N(C(C)C)C(C)C)nc1. The van der Waals surface area contributed by atoms with Gasteiger partial charge in [0.1, 0.15) is 5.82 Å². The molecule has 0 saturated carbocycles. The van der Waals surface area contributed by atoms with Crippen molar-refractivity contribution in [3.63, 3.8) is 0 Å². The Morgan fingerprint density at radius 3 is 2.43 bits per heavy atom. The van der Waals surface area contributed by atoms with E-state index in [0.29, 0.717) is 12.1 Å². The molecule has 1 unspecified atom stereocenters. The molecule has 0 aliphatic carbocycles. The molecular weight excluding hydrogens is 262 g/mol. The summed E-state index contributed by atoms with van der Waals surface area (Å²) in [6.07, 6.45) is 4.06. The fraction of sp³-hybridized carbons (Fsp3) is 0.647. The minimum Gasteiger partial charge on any atom is -0.352 e. The van der Waals surface area contributed by atoms with Crippen molar-refractivity contribution < 1.29 is 4.79 Å². The number of hydrogen-bond donors (Lipinski definition) is 0. The molecule has 116 valence electrons. The van der Waals surface area contributed by atoms with Crippen LogP contribution in [0.4, 0.5) is 5.82 Å². The van der Waals surface area contributed by atoms with E-state index in [1.807, 2.05) is 11.1 Å². The molecule has 1 aliphatic rings. The lowest BCUT2D eigenvalue weighted by molar-refractivity contribution is -0.129. The van der Waals surface area contributed by atoms with Gasteiger partial charge in [0.05, 0.1) is 6.04 Å². The summed E-state index contributed by atoms with van der Waals surface area (Å²) in [4.78, 5) is 20.6. The lowest BCUT2D eigenvalue weighted by Crippen LogP contribution is -2.37. The van der Waals surface area contributed by atoms with Crippen LogP contribution in [-0.4, -0.2) is 34.4 Å². The lowest BCUT2D eigenvalue weighted by Gasteiger charge is -2.32. The van der Waals surface area contributed by atoms with Crippen LogP contribution in [0.15, 0.2) is 18.3 Å². The summed E-state index contributed by atoms with van der Waals surface area (Å²) < 4.78 is 0. The highest BCUT2D eigenvalue weighted by Gasteiger charge is 2.28. The Balaban J connectivity index is 2.20. The van der Waals surface area contributed by atoms with Crippen molar-refractivity contribution in [3.8, 4) is 0 Å². The maximum absolute atomic E-state index is 11.7. The molecule has 0 N–H and O–H groups in total. The Bertz CT molecular complexity index is 473. The molecule has 1 aromatic heterocycles.